The molecule has 0 heterocycles. The maximum Gasteiger partial charge on any atom is 0.328 e. The Balaban J connectivity index is 2.95. The van der Waals surface area contributed by atoms with Crippen LogP contribution in [0.3, 0.4) is 0 Å². The topological polar surface area (TPSA) is 46.5 Å². The summed E-state index contributed by atoms with van der Waals surface area (Å²) in [5.41, 5.74) is 1.84. The zero-order chi connectivity index (χ0) is 10.6. The molecular weight excluding hydrogens is 180 g/mol. The monoisotopic (exact) mass is 192 g/mol. The van der Waals surface area contributed by atoms with Crippen molar-refractivity contribution in [1.82, 2.24) is 0 Å². The summed E-state index contributed by atoms with van der Waals surface area (Å²) >= 11 is 0. The first-order chi connectivity index (χ1) is 6.63. The van der Waals surface area contributed by atoms with Crippen LogP contribution >= 0.6 is 0 Å². The molecule has 1 aromatic carbocycles. The van der Waals surface area contributed by atoms with Gasteiger partial charge in [0.1, 0.15) is 5.75 Å². The van der Waals surface area contributed by atoms with E-state index in [1.165, 1.54) is 6.08 Å². The van der Waals surface area contributed by atoms with Crippen LogP contribution in [0.2, 0.25) is 0 Å². The molecule has 0 spiro atoms. The van der Waals surface area contributed by atoms with E-state index >= 15 is 0 Å². The van der Waals surface area contributed by atoms with Gasteiger partial charge >= 0.3 is 5.97 Å². The molecule has 0 amide bonds. The van der Waals surface area contributed by atoms with Crippen LogP contribution in [-0.4, -0.2) is 18.2 Å². The number of benzene rings is 1. The second-order valence-electron chi connectivity index (χ2n) is 2.90. The normalized spacial score (nSPS) is 10.4. The maximum atomic E-state index is 10.3. The molecule has 0 fully saturated rings. The fourth-order valence-corrected chi connectivity index (χ4v) is 1.11. The molecule has 0 unspecified atom stereocenters. The van der Waals surface area contributed by atoms with Gasteiger partial charge in [-0.1, -0.05) is 12.1 Å². The Bertz CT molecular complexity index is 367. The van der Waals surface area contributed by atoms with E-state index in [4.69, 9.17) is 9.84 Å². The molecule has 1 N–H and O–H groups in total. The van der Waals surface area contributed by atoms with Crippen LogP contribution in [0.25, 0.3) is 6.08 Å². The third-order valence-corrected chi connectivity index (χ3v) is 1.85. The predicted molar refractivity (Wildman–Crippen MR) is 54.4 cm³/mol. The molecule has 3 nitrogen and oxygen atoms in total. The van der Waals surface area contributed by atoms with Gasteiger partial charge in [0, 0.05) is 6.08 Å². The van der Waals surface area contributed by atoms with Crippen LogP contribution < -0.4 is 4.74 Å². The van der Waals surface area contributed by atoms with Gasteiger partial charge in [0.2, 0.25) is 0 Å². The van der Waals surface area contributed by atoms with E-state index in [-0.39, 0.29) is 0 Å². The van der Waals surface area contributed by atoms with Crippen molar-refractivity contribution in [2.45, 2.75) is 6.92 Å². The summed E-state index contributed by atoms with van der Waals surface area (Å²) in [6, 6.07) is 5.53. The summed E-state index contributed by atoms with van der Waals surface area (Å²) in [7, 11) is 1.59. The minimum Gasteiger partial charge on any atom is -0.496 e. The first-order valence-corrected chi connectivity index (χ1v) is 4.19. The number of ether oxygens (including phenoxy) is 1. The molecule has 3 heteroatoms. The Morgan fingerprint density at radius 1 is 1.50 bits per heavy atom. The lowest BCUT2D eigenvalue weighted by molar-refractivity contribution is -0.131. The largest absolute Gasteiger partial charge is 0.496 e. The van der Waals surface area contributed by atoms with E-state index in [9.17, 15) is 4.79 Å². The Labute approximate surface area is 82.6 Å². The maximum absolute atomic E-state index is 10.3. The lowest BCUT2D eigenvalue weighted by Gasteiger charge is -2.04. The van der Waals surface area contributed by atoms with Crippen LogP contribution in [0.5, 0.6) is 5.75 Å². The molecule has 0 aliphatic carbocycles. The van der Waals surface area contributed by atoms with Crippen LogP contribution in [0, 0.1) is 6.92 Å². The first-order valence-electron chi connectivity index (χ1n) is 4.19. The molecular formula is C11H12O3. The predicted octanol–water partition coefficient (Wildman–Crippen LogP) is 2.10. The Morgan fingerprint density at radius 2 is 2.21 bits per heavy atom. The van der Waals surface area contributed by atoms with Crippen molar-refractivity contribution >= 4 is 12.0 Å². The fraction of sp³-hybridized carbons (Fsp3) is 0.182. The van der Waals surface area contributed by atoms with Crippen molar-refractivity contribution in [1.29, 1.82) is 0 Å². The van der Waals surface area contributed by atoms with Crippen molar-refractivity contribution in [3.05, 3.63) is 35.4 Å². The van der Waals surface area contributed by atoms with Crippen LogP contribution in [0.15, 0.2) is 24.3 Å². The van der Waals surface area contributed by atoms with Crippen molar-refractivity contribution in [2.24, 2.45) is 0 Å². The molecule has 0 atom stereocenters. The smallest absolute Gasteiger partial charge is 0.328 e. The lowest BCUT2D eigenvalue weighted by Crippen LogP contribution is -1.88. The van der Waals surface area contributed by atoms with Gasteiger partial charge in [-0.15, -0.1) is 0 Å². The number of hydrogen-bond donors (Lipinski definition) is 1. The third kappa shape index (κ3) is 2.62. The highest BCUT2D eigenvalue weighted by atomic mass is 16.5. The zero-order valence-corrected chi connectivity index (χ0v) is 8.15. The SMILES string of the molecule is COc1cc(/C=C\C(=O)O)ccc1C. The average molecular weight is 192 g/mol. The molecule has 0 aliphatic rings. The van der Waals surface area contributed by atoms with E-state index in [0.717, 1.165) is 23.0 Å². The van der Waals surface area contributed by atoms with Crippen molar-refractivity contribution in [3.8, 4) is 5.75 Å². The van der Waals surface area contributed by atoms with Crippen LogP contribution in [0.4, 0.5) is 0 Å². The quantitative estimate of drug-likeness (QED) is 0.746. The minimum atomic E-state index is -0.954. The highest BCUT2D eigenvalue weighted by molar-refractivity contribution is 5.85. The van der Waals surface area contributed by atoms with Crippen LogP contribution in [0.1, 0.15) is 11.1 Å². The van der Waals surface area contributed by atoms with Gasteiger partial charge in [-0.25, -0.2) is 4.79 Å². The van der Waals surface area contributed by atoms with E-state index in [1.807, 2.05) is 19.1 Å². The lowest BCUT2D eigenvalue weighted by atomic mass is 10.1. The number of hydrogen-bond acceptors (Lipinski definition) is 2. The number of methoxy groups -OCH3 is 1. The molecule has 0 aromatic heterocycles. The van der Waals surface area contributed by atoms with Gasteiger partial charge in [-0.05, 0) is 30.2 Å². The number of rotatable bonds is 3. The average Bonchev–Trinajstić information content (AvgIpc) is 2.16. The highest BCUT2D eigenvalue weighted by Crippen LogP contribution is 2.19. The molecule has 0 saturated heterocycles. The third-order valence-electron chi connectivity index (χ3n) is 1.85. The number of carboxylic acid groups (broad SMARTS) is 1. The number of aliphatic carboxylic acids is 1. The summed E-state index contributed by atoms with van der Waals surface area (Å²) in [5, 5.41) is 8.44. The van der Waals surface area contributed by atoms with Gasteiger partial charge in [0.15, 0.2) is 0 Å². The molecule has 0 saturated carbocycles. The van der Waals surface area contributed by atoms with E-state index in [1.54, 1.807) is 13.2 Å². The standard InChI is InChI=1S/C11H12O3/c1-8-3-4-9(5-6-11(12)13)7-10(8)14-2/h3-7H,1-2H3,(H,12,13)/b6-5-. The fourth-order valence-electron chi connectivity index (χ4n) is 1.11. The number of carbonyl (C=O) groups is 1. The van der Waals surface area contributed by atoms with Crippen LogP contribution in [-0.2, 0) is 4.79 Å². The molecule has 1 aromatic rings. The second kappa shape index (κ2) is 4.46. The van der Waals surface area contributed by atoms with Gasteiger partial charge in [0.05, 0.1) is 7.11 Å². The molecule has 1 rings (SSSR count). The van der Waals surface area contributed by atoms with Gasteiger partial charge in [-0.2, -0.15) is 0 Å². The Hall–Kier alpha value is -1.77. The molecule has 0 radical (unpaired) electrons. The van der Waals surface area contributed by atoms with E-state index in [0.29, 0.717) is 0 Å². The van der Waals surface area contributed by atoms with Gasteiger partial charge in [0.25, 0.3) is 0 Å². The summed E-state index contributed by atoms with van der Waals surface area (Å²) in [4.78, 5) is 10.3. The zero-order valence-electron chi connectivity index (χ0n) is 8.15. The summed E-state index contributed by atoms with van der Waals surface area (Å²) in [6.45, 7) is 1.93. The molecule has 74 valence electrons. The summed E-state index contributed by atoms with van der Waals surface area (Å²) in [6.07, 6.45) is 2.63. The minimum absolute atomic E-state index is 0.762. The number of aryl methyl sites for hydroxylation is 1. The van der Waals surface area contributed by atoms with Gasteiger partial charge < -0.3 is 9.84 Å². The van der Waals surface area contributed by atoms with E-state index < -0.39 is 5.97 Å². The Morgan fingerprint density at radius 3 is 2.79 bits per heavy atom. The second-order valence-corrected chi connectivity index (χ2v) is 2.90. The van der Waals surface area contributed by atoms with E-state index in [2.05, 4.69) is 0 Å². The summed E-state index contributed by atoms with van der Waals surface area (Å²) < 4.78 is 5.11. The molecule has 0 aliphatic heterocycles. The van der Waals surface area contributed by atoms with Crippen molar-refractivity contribution in [2.75, 3.05) is 7.11 Å². The number of carboxylic acids is 1. The van der Waals surface area contributed by atoms with Crippen molar-refractivity contribution < 1.29 is 14.6 Å². The Kier molecular flexibility index (Phi) is 3.29. The van der Waals surface area contributed by atoms with Crippen molar-refractivity contribution in [3.63, 3.8) is 0 Å². The first kappa shape index (κ1) is 10.3. The summed E-state index contributed by atoms with van der Waals surface area (Å²) in [5.74, 6) is -0.193. The van der Waals surface area contributed by atoms with Gasteiger partial charge in [-0.3, -0.25) is 0 Å². The molecule has 14 heavy (non-hydrogen) atoms. The molecule has 0 bridgehead atoms. The highest BCUT2D eigenvalue weighted by Gasteiger charge is 1.97.